The van der Waals surface area contributed by atoms with Gasteiger partial charge in [-0.05, 0) is 77.1 Å². The molecule has 5 unspecified atom stereocenters. The molecule has 2 amide bonds. The highest BCUT2D eigenvalue weighted by Crippen LogP contribution is 2.43. The Morgan fingerprint density at radius 1 is 0.887 bits per heavy atom. The molecule has 0 spiro atoms. The Hall–Kier alpha value is -4.69. The van der Waals surface area contributed by atoms with Gasteiger partial charge in [-0.3, -0.25) is 9.59 Å². The van der Waals surface area contributed by atoms with Crippen molar-refractivity contribution in [2.45, 2.75) is 68.5 Å². The van der Waals surface area contributed by atoms with Crippen molar-refractivity contribution in [1.29, 1.82) is 0 Å². The highest BCUT2D eigenvalue weighted by molar-refractivity contribution is 7.99. The first-order valence-electron chi connectivity index (χ1n) is 17.2. The van der Waals surface area contributed by atoms with E-state index in [-0.39, 0.29) is 49.8 Å². The second-order valence-electron chi connectivity index (χ2n) is 13.2. The van der Waals surface area contributed by atoms with Gasteiger partial charge in [0.25, 0.3) is 0 Å². The number of nitrogens with one attached hydrogen (secondary N) is 1. The number of halogens is 3. The van der Waals surface area contributed by atoms with Crippen LogP contribution in [0, 0.1) is 5.92 Å². The third-order valence-electron chi connectivity index (χ3n) is 9.58. The molecule has 6 rings (SSSR count). The predicted octanol–water partition coefficient (Wildman–Crippen LogP) is 7.30. The monoisotopic (exact) mass is 748 g/mol. The lowest BCUT2D eigenvalue weighted by Gasteiger charge is -2.41. The zero-order valence-electron chi connectivity index (χ0n) is 28.8. The number of thioether (sulfide) groups is 1. The van der Waals surface area contributed by atoms with Crippen molar-refractivity contribution in [2.24, 2.45) is 5.92 Å². The van der Waals surface area contributed by atoms with Gasteiger partial charge in [-0.25, -0.2) is 4.79 Å². The first-order chi connectivity index (χ1) is 25.4. The molecule has 278 valence electrons. The van der Waals surface area contributed by atoms with Crippen LogP contribution in [0.4, 0.5) is 13.2 Å². The zero-order chi connectivity index (χ0) is 37.7. The van der Waals surface area contributed by atoms with Gasteiger partial charge in [0, 0.05) is 35.2 Å². The molecular weight excluding hydrogens is 710 g/mol. The molecule has 5 atom stereocenters. The number of likely N-dealkylation sites (tertiary alicyclic amines) is 1. The van der Waals surface area contributed by atoms with Gasteiger partial charge in [0.2, 0.25) is 5.91 Å². The molecule has 2 heterocycles. The second-order valence-corrected chi connectivity index (χ2v) is 14.3. The van der Waals surface area contributed by atoms with Crippen LogP contribution in [0.15, 0.2) is 102 Å². The number of nitrogens with zero attached hydrogens (tertiary/aromatic N) is 1. The van der Waals surface area contributed by atoms with Crippen molar-refractivity contribution in [3.05, 3.63) is 125 Å². The number of carbonyl (C=O) groups is 3. The molecule has 0 saturated carbocycles. The lowest BCUT2D eigenvalue weighted by molar-refractivity contribution is -0.268. The maximum absolute atomic E-state index is 13.1. The number of carboxylic acids is 1. The van der Waals surface area contributed by atoms with E-state index in [1.165, 1.54) is 0 Å². The number of aromatic carboxylic acids is 1. The molecule has 2 aliphatic rings. The summed E-state index contributed by atoms with van der Waals surface area (Å²) in [7, 11) is 0. The molecule has 0 aliphatic carbocycles. The Morgan fingerprint density at radius 2 is 1.58 bits per heavy atom. The Balaban J connectivity index is 1.18. The summed E-state index contributed by atoms with van der Waals surface area (Å²) in [6.45, 7) is 1.95. The number of rotatable bonds is 11. The Morgan fingerprint density at radius 3 is 2.26 bits per heavy atom. The summed E-state index contributed by atoms with van der Waals surface area (Å²) in [5.74, 6) is -3.09. The molecule has 3 N–H and O–H groups in total. The van der Waals surface area contributed by atoms with E-state index in [2.05, 4.69) is 12.2 Å². The average Bonchev–Trinajstić information content (AvgIpc) is 3.66. The average molecular weight is 749 g/mol. The summed E-state index contributed by atoms with van der Waals surface area (Å²) < 4.78 is 52.5. The van der Waals surface area contributed by atoms with Crippen LogP contribution in [-0.4, -0.2) is 63.5 Å². The first-order valence-corrected chi connectivity index (χ1v) is 18.2. The molecule has 2 aliphatic heterocycles. The van der Waals surface area contributed by atoms with Gasteiger partial charge in [0.1, 0.15) is 6.04 Å². The van der Waals surface area contributed by atoms with Gasteiger partial charge < -0.3 is 29.9 Å². The molecule has 2 saturated heterocycles. The number of hydrogen-bond acceptors (Lipinski definition) is 7. The molecule has 4 aromatic carbocycles. The number of benzene rings is 4. The van der Waals surface area contributed by atoms with E-state index in [1.54, 1.807) is 42.1 Å². The van der Waals surface area contributed by atoms with Gasteiger partial charge in [-0.1, -0.05) is 67.6 Å². The lowest BCUT2D eigenvalue weighted by Crippen LogP contribution is -2.50. The Labute approximate surface area is 309 Å². The van der Waals surface area contributed by atoms with E-state index >= 15 is 0 Å². The van der Waals surface area contributed by atoms with E-state index in [4.69, 9.17) is 9.47 Å². The summed E-state index contributed by atoms with van der Waals surface area (Å²) in [4.78, 5) is 37.5. The summed E-state index contributed by atoms with van der Waals surface area (Å²) in [5.41, 5.74) is 5.14. The number of aliphatic hydroxyl groups excluding tert-OH is 1. The Kier molecular flexibility index (Phi) is 11.9. The van der Waals surface area contributed by atoms with Crippen LogP contribution in [0.3, 0.4) is 0 Å². The standard InChI is InChI=1S/C40H39F3N2O7S/c1-24-34(23-53-32-16-14-28(15-17-32)37(48)49)51-38(52-35(24)27-12-10-25(22-46)11-13-27)31-8-3-7-30(20-31)29-6-2-5-26(19-29)21-44-36(47)33-9-4-18-45(33)39(50)40(41,42)43/h2-3,5-8,10-17,19-20,24,33-35,38,46H,4,9,18,21-23H2,1H3,(H,44,47)(H,48,49). The van der Waals surface area contributed by atoms with Crippen molar-refractivity contribution in [3.8, 4) is 11.1 Å². The number of carbonyl (C=O) groups excluding carboxylic acids is 2. The molecule has 4 aromatic rings. The van der Waals surface area contributed by atoms with Crippen molar-refractivity contribution < 1.29 is 47.2 Å². The highest BCUT2D eigenvalue weighted by Gasteiger charge is 2.47. The van der Waals surface area contributed by atoms with Crippen LogP contribution in [-0.2, 0) is 32.2 Å². The minimum Gasteiger partial charge on any atom is -0.478 e. The minimum absolute atomic E-state index is 0.0602. The number of carboxylic acid groups (broad SMARTS) is 1. The lowest BCUT2D eigenvalue weighted by atomic mass is 9.91. The summed E-state index contributed by atoms with van der Waals surface area (Å²) in [6.07, 6.45) is -5.87. The highest BCUT2D eigenvalue weighted by atomic mass is 32.2. The number of aliphatic hydroxyl groups is 1. The molecule has 0 bridgehead atoms. The molecular formula is C40H39F3N2O7S. The summed E-state index contributed by atoms with van der Waals surface area (Å²) >= 11 is 1.56. The fraction of sp³-hybridized carbons (Fsp3) is 0.325. The minimum atomic E-state index is -5.04. The van der Waals surface area contributed by atoms with E-state index < -0.39 is 36.3 Å². The molecule has 2 fully saturated rings. The van der Waals surface area contributed by atoms with Crippen LogP contribution in [0.2, 0.25) is 0 Å². The number of hydrogen-bond donors (Lipinski definition) is 3. The van der Waals surface area contributed by atoms with Crippen LogP contribution in [0.25, 0.3) is 11.1 Å². The number of ether oxygens (including phenoxy) is 2. The maximum atomic E-state index is 13.1. The van der Waals surface area contributed by atoms with Crippen molar-refractivity contribution in [3.63, 3.8) is 0 Å². The van der Waals surface area contributed by atoms with Crippen molar-refractivity contribution >= 4 is 29.5 Å². The van der Waals surface area contributed by atoms with Gasteiger partial charge in [-0.2, -0.15) is 13.2 Å². The van der Waals surface area contributed by atoms with Gasteiger partial charge in [0.15, 0.2) is 6.29 Å². The molecule has 9 nitrogen and oxygen atoms in total. The van der Waals surface area contributed by atoms with Gasteiger partial charge in [-0.15, -0.1) is 11.8 Å². The van der Waals surface area contributed by atoms with E-state index in [1.807, 2.05) is 66.7 Å². The molecule has 13 heteroatoms. The predicted molar refractivity (Wildman–Crippen MR) is 192 cm³/mol. The normalized spacial score (nSPS) is 21.7. The smallest absolute Gasteiger partial charge is 0.471 e. The molecule has 0 aromatic heterocycles. The van der Waals surface area contributed by atoms with Crippen molar-refractivity contribution in [2.75, 3.05) is 12.3 Å². The topological polar surface area (TPSA) is 125 Å². The second kappa shape index (κ2) is 16.5. The maximum Gasteiger partial charge on any atom is 0.471 e. The van der Waals surface area contributed by atoms with Crippen molar-refractivity contribution in [1.82, 2.24) is 10.2 Å². The molecule has 0 radical (unpaired) electrons. The van der Waals surface area contributed by atoms with E-state index in [0.717, 1.165) is 38.3 Å². The third-order valence-corrected chi connectivity index (χ3v) is 10.7. The fourth-order valence-electron chi connectivity index (χ4n) is 6.66. The zero-order valence-corrected chi connectivity index (χ0v) is 29.6. The summed E-state index contributed by atoms with van der Waals surface area (Å²) in [5, 5.41) is 21.6. The van der Waals surface area contributed by atoms with Gasteiger partial charge in [0.05, 0.1) is 24.4 Å². The van der Waals surface area contributed by atoms with Crippen LogP contribution >= 0.6 is 11.8 Å². The Bertz CT molecular complexity index is 1920. The molecule has 53 heavy (non-hydrogen) atoms. The van der Waals surface area contributed by atoms with Crippen LogP contribution in [0.5, 0.6) is 0 Å². The third kappa shape index (κ3) is 9.10. The van der Waals surface area contributed by atoms with E-state index in [9.17, 15) is 37.8 Å². The largest absolute Gasteiger partial charge is 0.478 e. The number of amides is 2. The van der Waals surface area contributed by atoms with Crippen LogP contribution < -0.4 is 5.32 Å². The number of alkyl halides is 3. The first kappa shape index (κ1) is 38.0. The van der Waals surface area contributed by atoms with Gasteiger partial charge >= 0.3 is 18.1 Å². The quantitative estimate of drug-likeness (QED) is 0.137. The van der Waals surface area contributed by atoms with E-state index in [0.29, 0.717) is 17.1 Å². The summed E-state index contributed by atoms with van der Waals surface area (Å²) in [6, 6.07) is 28.3. The SMILES string of the molecule is CC1C(CSc2ccc(C(=O)O)cc2)OC(c2cccc(-c3cccc(CNC(=O)C4CCCN4C(=O)C(F)(F)F)c3)c2)OC1c1ccc(CO)cc1. The fourth-order valence-corrected chi connectivity index (χ4v) is 7.73. The van der Waals surface area contributed by atoms with Crippen LogP contribution in [0.1, 0.15) is 64.8 Å².